The summed E-state index contributed by atoms with van der Waals surface area (Å²) in [5, 5.41) is 17.7. The molecule has 0 saturated carbocycles. The molecule has 0 atom stereocenters. The van der Waals surface area contributed by atoms with Crippen LogP contribution in [0.3, 0.4) is 0 Å². The van der Waals surface area contributed by atoms with Gasteiger partial charge in [0.05, 0.1) is 22.2 Å². The second-order valence-corrected chi connectivity index (χ2v) is 4.11. The second kappa shape index (κ2) is 5.05. The Bertz CT molecular complexity index is 583. The lowest BCUT2D eigenvalue weighted by atomic mass is 10.2. The van der Waals surface area contributed by atoms with Crippen LogP contribution in [-0.4, -0.2) is 10.1 Å². The first-order chi connectivity index (χ1) is 8.56. The molecule has 0 amide bonds. The molecule has 7 heteroatoms. The summed E-state index contributed by atoms with van der Waals surface area (Å²) in [6.07, 6.45) is 0. The van der Waals surface area contributed by atoms with Crippen molar-refractivity contribution in [1.29, 1.82) is 0 Å². The molecule has 2 aromatic rings. The molecular weight excluding hydrogens is 258 g/mol. The Morgan fingerprint density at radius 3 is 2.83 bits per heavy atom. The highest BCUT2D eigenvalue weighted by atomic mass is 35.5. The maximum Gasteiger partial charge on any atom is 0.271 e. The molecule has 0 bridgehead atoms. The van der Waals surface area contributed by atoms with Crippen LogP contribution in [0.15, 0.2) is 28.8 Å². The van der Waals surface area contributed by atoms with Crippen molar-refractivity contribution in [3.63, 3.8) is 0 Å². The molecule has 0 saturated heterocycles. The third kappa shape index (κ3) is 2.78. The van der Waals surface area contributed by atoms with Gasteiger partial charge in [0.2, 0.25) is 0 Å². The first-order valence-corrected chi connectivity index (χ1v) is 5.54. The molecule has 1 N–H and O–H groups in total. The van der Waals surface area contributed by atoms with Gasteiger partial charge in [0, 0.05) is 18.2 Å². The van der Waals surface area contributed by atoms with E-state index in [9.17, 15) is 10.1 Å². The Morgan fingerprint density at radius 1 is 1.50 bits per heavy atom. The van der Waals surface area contributed by atoms with Crippen LogP contribution in [0.5, 0.6) is 0 Å². The SMILES string of the molecule is Cc1cc(CNc2ccc([N+](=O)[O-])cc2Cl)no1. The van der Waals surface area contributed by atoms with Gasteiger partial charge in [-0.1, -0.05) is 16.8 Å². The highest BCUT2D eigenvalue weighted by molar-refractivity contribution is 6.33. The maximum absolute atomic E-state index is 10.6. The predicted octanol–water partition coefficient (Wildman–Crippen LogP) is 3.16. The number of anilines is 1. The van der Waals surface area contributed by atoms with Gasteiger partial charge in [0.1, 0.15) is 11.5 Å². The minimum atomic E-state index is -0.489. The lowest BCUT2D eigenvalue weighted by molar-refractivity contribution is -0.384. The Labute approximate surface area is 108 Å². The van der Waals surface area contributed by atoms with Crippen LogP contribution in [-0.2, 0) is 6.54 Å². The number of nitro groups is 1. The van der Waals surface area contributed by atoms with E-state index in [4.69, 9.17) is 16.1 Å². The minimum absolute atomic E-state index is 0.0390. The molecular formula is C11H10ClN3O3. The molecule has 6 nitrogen and oxygen atoms in total. The van der Waals surface area contributed by atoms with Crippen LogP contribution >= 0.6 is 11.6 Å². The first-order valence-electron chi connectivity index (χ1n) is 5.16. The molecule has 0 spiro atoms. The van der Waals surface area contributed by atoms with E-state index in [0.29, 0.717) is 17.3 Å². The van der Waals surface area contributed by atoms with Crippen molar-refractivity contribution in [2.45, 2.75) is 13.5 Å². The van der Waals surface area contributed by atoms with Crippen molar-refractivity contribution in [1.82, 2.24) is 5.16 Å². The minimum Gasteiger partial charge on any atom is -0.378 e. The number of rotatable bonds is 4. The van der Waals surface area contributed by atoms with Crippen LogP contribution in [0.25, 0.3) is 0 Å². The molecule has 0 fully saturated rings. The number of hydrogen-bond donors (Lipinski definition) is 1. The van der Waals surface area contributed by atoms with Crippen molar-refractivity contribution in [3.05, 3.63) is 50.9 Å². The van der Waals surface area contributed by atoms with Crippen molar-refractivity contribution < 1.29 is 9.45 Å². The number of nitrogens with zero attached hydrogens (tertiary/aromatic N) is 2. The molecule has 0 aliphatic carbocycles. The van der Waals surface area contributed by atoms with E-state index in [1.54, 1.807) is 19.1 Å². The average Bonchev–Trinajstić information content (AvgIpc) is 2.73. The largest absolute Gasteiger partial charge is 0.378 e. The van der Waals surface area contributed by atoms with E-state index in [0.717, 1.165) is 11.5 Å². The number of aromatic nitrogens is 1. The van der Waals surface area contributed by atoms with Crippen molar-refractivity contribution in [2.75, 3.05) is 5.32 Å². The molecule has 0 radical (unpaired) electrons. The standard InChI is InChI=1S/C11H10ClN3O3/c1-7-4-8(14-18-7)6-13-11-3-2-9(15(16)17)5-10(11)12/h2-5,13H,6H2,1H3. The molecule has 2 rings (SSSR count). The summed E-state index contributed by atoms with van der Waals surface area (Å²) in [5.41, 5.74) is 1.31. The summed E-state index contributed by atoms with van der Waals surface area (Å²) in [5.74, 6) is 0.724. The Kier molecular flexibility index (Phi) is 3.47. The quantitative estimate of drug-likeness (QED) is 0.680. The normalized spacial score (nSPS) is 10.3. The fraction of sp³-hybridized carbons (Fsp3) is 0.182. The van der Waals surface area contributed by atoms with E-state index in [-0.39, 0.29) is 5.69 Å². The zero-order chi connectivity index (χ0) is 13.1. The Hall–Kier alpha value is -2.08. The number of nitro benzene ring substituents is 1. The van der Waals surface area contributed by atoms with E-state index < -0.39 is 4.92 Å². The van der Waals surface area contributed by atoms with Crippen LogP contribution in [0.1, 0.15) is 11.5 Å². The van der Waals surface area contributed by atoms with E-state index in [1.807, 2.05) is 0 Å². The van der Waals surface area contributed by atoms with Gasteiger partial charge in [-0.05, 0) is 13.0 Å². The highest BCUT2D eigenvalue weighted by Gasteiger charge is 2.09. The summed E-state index contributed by atoms with van der Waals surface area (Å²) in [7, 11) is 0. The molecule has 1 aromatic heterocycles. The third-order valence-electron chi connectivity index (χ3n) is 2.30. The van der Waals surface area contributed by atoms with Crippen LogP contribution in [0.2, 0.25) is 5.02 Å². The first kappa shape index (κ1) is 12.4. The highest BCUT2D eigenvalue weighted by Crippen LogP contribution is 2.26. The number of aryl methyl sites for hydroxylation is 1. The average molecular weight is 268 g/mol. The third-order valence-corrected chi connectivity index (χ3v) is 2.61. The van der Waals surface area contributed by atoms with Gasteiger partial charge >= 0.3 is 0 Å². The van der Waals surface area contributed by atoms with Gasteiger partial charge in [-0.2, -0.15) is 0 Å². The number of hydrogen-bond acceptors (Lipinski definition) is 5. The van der Waals surface area contributed by atoms with Crippen molar-refractivity contribution in [3.8, 4) is 0 Å². The van der Waals surface area contributed by atoms with Gasteiger partial charge in [-0.15, -0.1) is 0 Å². The molecule has 1 heterocycles. The Balaban J connectivity index is 2.08. The van der Waals surface area contributed by atoms with Crippen LogP contribution in [0, 0.1) is 17.0 Å². The smallest absolute Gasteiger partial charge is 0.271 e. The lowest BCUT2D eigenvalue weighted by Gasteiger charge is -2.05. The van der Waals surface area contributed by atoms with Crippen LogP contribution < -0.4 is 5.32 Å². The van der Waals surface area contributed by atoms with Gasteiger partial charge in [-0.25, -0.2) is 0 Å². The fourth-order valence-corrected chi connectivity index (χ4v) is 1.69. The van der Waals surface area contributed by atoms with Gasteiger partial charge in [0.15, 0.2) is 0 Å². The Morgan fingerprint density at radius 2 is 2.28 bits per heavy atom. The van der Waals surface area contributed by atoms with E-state index in [1.165, 1.54) is 12.1 Å². The molecule has 18 heavy (non-hydrogen) atoms. The zero-order valence-corrected chi connectivity index (χ0v) is 10.3. The monoisotopic (exact) mass is 267 g/mol. The number of halogens is 1. The summed E-state index contributed by atoms with van der Waals surface area (Å²) in [6.45, 7) is 2.24. The van der Waals surface area contributed by atoms with E-state index >= 15 is 0 Å². The fourth-order valence-electron chi connectivity index (χ4n) is 1.45. The predicted molar refractivity (Wildman–Crippen MR) is 66.7 cm³/mol. The summed E-state index contributed by atoms with van der Waals surface area (Å²) < 4.78 is 4.92. The maximum atomic E-state index is 10.6. The van der Waals surface area contributed by atoms with Gasteiger partial charge < -0.3 is 9.84 Å². The zero-order valence-electron chi connectivity index (χ0n) is 9.51. The second-order valence-electron chi connectivity index (χ2n) is 3.70. The topological polar surface area (TPSA) is 81.2 Å². The number of non-ortho nitro benzene ring substituents is 1. The summed E-state index contributed by atoms with van der Waals surface area (Å²) >= 11 is 5.93. The number of benzene rings is 1. The molecule has 94 valence electrons. The van der Waals surface area contributed by atoms with E-state index in [2.05, 4.69) is 10.5 Å². The summed E-state index contributed by atoms with van der Waals surface area (Å²) in [4.78, 5) is 10.1. The molecule has 1 aromatic carbocycles. The van der Waals surface area contributed by atoms with Crippen molar-refractivity contribution >= 4 is 23.0 Å². The lowest BCUT2D eigenvalue weighted by Crippen LogP contribution is -2.00. The molecule has 0 aliphatic rings. The molecule has 0 unspecified atom stereocenters. The van der Waals surface area contributed by atoms with Crippen molar-refractivity contribution in [2.24, 2.45) is 0 Å². The molecule has 0 aliphatic heterocycles. The van der Waals surface area contributed by atoms with Gasteiger partial charge in [-0.3, -0.25) is 10.1 Å². The van der Waals surface area contributed by atoms with Crippen LogP contribution in [0.4, 0.5) is 11.4 Å². The summed E-state index contributed by atoms with van der Waals surface area (Å²) in [6, 6.07) is 6.06. The number of nitrogens with one attached hydrogen (secondary N) is 1. The van der Waals surface area contributed by atoms with Gasteiger partial charge in [0.25, 0.3) is 5.69 Å².